The zero-order valence-corrected chi connectivity index (χ0v) is 10.9. The number of carbonyl (C=O) groups is 1. The third-order valence-corrected chi connectivity index (χ3v) is 4.12. The molecular formula is C14H19N3O2. The molecule has 0 bridgehead atoms. The third-order valence-electron chi connectivity index (χ3n) is 4.12. The van der Waals surface area contributed by atoms with E-state index in [1.54, 1.807) is 18.3 Å². The molecule has 2 fully saturated rings. The first-order chi connectivity index (χ1) is 9.17. The van der Waals surface area contributed by atoms with E-state index >= 15 is 0 Å². The van der Waals surface area contributed by atoms with Crippen LogP contribution in [0, 0.1) is 0 Å². The van der Waals surface area contributed by atoms with Gasteiger partial charge in [0.1, 0.15) is 5.82 Å². The second kappa shape index (κ2) is 4.81. The van der Waals surface area contributed by atoms with E-state index in [9.17, 15) is 4.79 Å². The number of aromatic nitrogens is 1. The molecule has 5 nitrogen and oxygen atoms in total. The van der Waals surface area contributed by atoms with Crippen molar-refractivity contribution in [3.8, 4) is 0 Å². The van der Waals surface area contributed by atoms with Gasteiger partial charge in [0.15, 0.2) is 0 Å². The van der Waals surface area contributed by atoms with Gasteiger partial charge in [-0.2, -0.15) is 0 Å². The number of pyridine rings is 1. The zero-order chi connectivity index (χ0) is 13.3. The van der Waals surface area contributed by atoms with Crippen LogP contribution >= 0.6 is 0 Å². The van der Waals surface area contributed by atoms with Crippen LogP contribution in [0.25, 0.3) is 0 Å². The number of hydrogen-bond acceptors (Lipinski definition) is 4. The molecule has 1 aromatic heterocycles. The Morgan fingerprint density at radius 2 is 2.26 bits per heavy atom. The van der Waals surface area contributed by atoms with Crippen LogP contribution in [0.2, 0.25) is 0 Å². The molecule has 5 heteroatoms. The molecule has 0 radical (unpaired) electrons. The first-order valence-electron chi connectivity index (χ1n) is 6.83. The maximum Gasteiger partial charge on any atom is 0.248 e. The molecule has 2 aliphatic rings. The van der Waals surface area contributed by atoms with Crippen LogP contribution in [-0.2, 0) is 4.74 Å². The SMILES string of the molecule is NC(=O)c1ccnc(NC2COC3(CCCC3)C2)c1. The van der Waals surface area contributed by atoms with Crippen LogP contribution in [0.15, 0.2) is 18.3 Å². The number of rotatable bonds is 3. The average Bonchev–Trinajstić information content (AvgIpc) is 3.01. The number of amides is 1. The van der Waals surface area contributed by atoms with Crippen molar-refractivity contribution in [3.63, 3.8) is 0 Å². The first-order valence-corrected chi connectivity index (χ1v) is 6.83. The fourth-order valence-corrected chi connectivity index (χ4v) is 3.18. The molecule has 1 unspecified atom stereocenters. The van der Waals surface area contributed by atoms with Gasteiger partial charge in [-0.15, -0.1) is 0 Å². The van der Waals surface area contributed by atoms with E-state index in [2.05, 4.69) is 10.3 Å². The van der Waals surface area contributed by atoms with E-state index in [1.165, 1.54) is 25.7 Å². The molecule has 1 spiro atoms. The number of primary amides is 1. The van der Waals surface area contributed by atoms with Gasteiger partial charge in [0.25, 0.3) is 0 Å². The second-order valence-corrected chi connectivity index (χ2v) is 5.54. The minimum Gasteiger partial charge on any atom is -0.373 e. The van der Waals surface area contributed by atoms with Crippen LogP contribution in [0.5, 0.6) is 0 Å². The van der Waals surface area contributed by atoms with Crippen LogP contribution in [-0.4, -0.2) is 29.1 Å². The van der Waals surface area contributed by atoms with Gasteiger partial charge in [0, 0.05) is 11.8 Å². The van der Waals surface area contributed by atoms with Crippen LogP contribution < -0.4 is 11.1 Å². The zero-order valence-electron chi connectivity index (χ0n) is 10.9. The second-order valence-electron chi connectivity index (χ2n) is 5.54. The Hall–Kier alpha value is -1.62. The number of nitrogens with one attached hydrogen (secondary N) is 1. The molecule has 2 heterocycles. The minimum atomic E-state index is -0.430. The average molecular weight is 261 g/mol. The Balaban J connectivity index is 1.66. The van der Waals surface area contributed by atoms with E-state index < -0.39 is 5.91 Å². The van der Waals surface area contributed by atoms with Crippen molar-refractivity contribution < 1.29 is 9.53 Å². The molecule has 0 aromatic carbocycles. The highest BCUT2D eigenvalue weighted by Crippen LogP contribution is 2.41. The Morgan fingerprint density at radius 3 is 3.00 bits per heavy atom. The van der Waals surface area contributed by atoms with Gasteiger partial charge in [-0.1, -0.05) is 12.8 Å². The summed E-state index contributed by atoms with van der Waals surface area (Å²) in [5, 5.41) is 3.34. The standard InChI is InChI=1S/C14H19N3O2/c15-13(18)10-3-6-16-12(7-10)17-11-8-14(19-9-11)4-1-2-5-14/h3,6-7,11H,1-2,4-5,8-9H2,(H2,15,18)(H,16,17). The number of ether oxygens (including phenoxy) is 1. The van der Waals surface area contributed by atoms with Gasteiger partial charge in [0.2, 0.25) is 5.91 Å². The Morgan fingerprint density at radius 1 is 1.47 bits per heavy atom. The van der Waals surface area contributed by atoms with Crippen LogP contribution in [0.3, 0.4) is 0 Å². The first kappa shape index (κ1) is 12.4. The lowest BCUT2D eigenvalue weighted by Crippen LogP contribution is -2.25. The van der Waals surface area contributed by atoms with Crippen molar-refractivity contribution in [2.24, 2.45) is 5.73 Å². The topological polar surface area (TPSA) is 77.2 Å². The van der Waals surface area contributed by atoms with Crippen molar-refractivity contribution in [2.75, 3.05) is 11.9 Å². The van der Waals surface area contributed by atoms with Crippen molar-refractivity contribution in [1.82, 2.24) is 4.98 Å². The van der Waals surface area contributed by atoms with Gasteiger partial charge in [0.05, 0.1) is 18.2 Å². The lowest BCUT2D eigenvalue weighted by atomic mass is 9.96. The van der Waals surface area contributed by atoms with Crippen LogP contribution in [0.4, 0.5) is 5.82 Å². The molecule has 1 aliphatic heterocycles. The number of carbonyl (C=O) groups excluding carboxylic acids is 1. The molecule has 1 aliphatic carbocycles. The summed E-state index contributed by atoms with van der Waals surface area (Å²) in [7, 11) is 0. The van der Waals surface area contributed by atoms with Crippen molar-refractivity contribution >= 4 is 11.7 Å². The number of nitrogens with two attached hydrogens (primary N) is 1. The summed E-state index contributed by atoms with van der Waals surface area (Å²) in [6.45, 7) is 0.711. The Labute approximate surface area is 112 Å². The molecule has 1 saturated heterocycles. The molecule has 19 heavy (non-hydrogen) atoms. The summed E-state index contributed by atoms with van der Waals surface area (Å²) >= 11 is 0. The predicted molar refractivity (Wildman–Crippen MR) is 71.9 cm³/mol. The molecule has 102 valence electrons. The molecule has 3 N–H and O–H groups in total. The van der Waals surface area contributed by atoms with Crippen LogP contribution in [0.1, 0.15) is 42.5 Å². The molecular weight excluding hydrogens is 242 g/mol. The molecule has 1 saturated carbocycles. The summed E-state index contributed by atoms with van der Waals surface area (Å²) in [6.07, 6.45) is 7.49. The Bertz CT molecular complexity index is 483. The lowest BCUT2D eigenvalue weighted by Gasteiger charge is -2.21. The maximum atomic E-state index is 11.1. The smallest absolute Gasteiger partial charge is 0.248 e. The number of nitrogens with zero attached hydrogens (tertiary/aromatic N) is 1. The number of hydrogen-bond donors (Lipinski definition) is 2. The van der Waals surface area contributed by atoms with Crippen molar-refractivity contribution in [2.45, 2.75) is 43.7 Å². The number of anilines is 1. The molecule has 1 amide bonds. The highest BCUT2D eigenvalue weighted by Gasteiger charge is 2.42. The lowest BCUT2D eigenvalue weighted by molar-refractivity contribution is 0.0103. The van der Waals surface area contributed by atoms with Crippen molar-refractivity contribution in [1.29, 1.82) is 0 Å². The van der Waals surface area contributed by atoms with E-state index in [0.717, 1.165) is 6.42 Å². The fourth-order valence-electron chi connectivity index (χ4n) is 3.18. The van der Waals surface area contributed by atoms with E-state index in [0.29, 0.717) is 18.0 Å². The van der Waals surface area contributed by atoms with Gasteiger partial charge in [-0.25, -0.2) is 4.98 Å². The summed E-state index contributed by atoms with van der Waals surface area (Å²) in [5.41, 5.74) is 5.84. The molecule has 1 atom stereocenters. The van der Waals surface area contributed by atoms with Gasteiger partial charge in [-0.3, -0.25) is 4.79 Å². The highest BCUT2D eigenvalue weighted by molar-refractivity contribution is 5.93. The quantitative estimate of drug-likeness (QED) is 0.868. The predicted octanol–water partition coefficient (Wildman–Crippen LogP) is 1.69. The van der Waals surface area contributed by atoms with Gasteiger partial charge in [-0.05, 0) is 31.4 Å². The summed E-state index contributed by atoms with van der Waals surface area (Å²) in [4.78, 5) is 15.4. The van der Waals surface area contributed by atoms with E-state index in [-0.39, 0.29) is 11.6 Å². The van der Waals surface area contributed by atoms with E-state index in [1.807, 2.05) is 0 Å². The van der Waals surface area contributed by atoms with Crippen molar-refractivity contribution in [3.05, 3.63) is 23.9 Å². The molecule has 1 aromatic rings. The fraction of sp³-hybridized carbons (Fsp3) is 0.571. The summed E-state index contributed by atoms with van der Waals surface area (Å²) in [5.74, 6) is 0.264. The monoisotopic (exact) mass is 261 g/mol. The minimum absolute atomic E-state index is 0.0962. The summed E-state index contributed by atoms with van der Waals surface area (Å²) in [6, 6.07) is 3.59. The third kappa shape index (κ3) is 2.56. The largest absolute Gasteiger partial charge is 0.373 e. The molecule has 3 rings (SSSR count). The highest BCUT2D eigenvalue weighted by atomic mass is 16.5. The normalized spacial score (nSPS) is 24.7. The van der Waals surface area contributed by atoms with E-state index in [4.69, 9.17) is 10.5 Å². The Kier molecular flexibility index (Phi) is 3.14. The van der Waals surface area contributed by atoms with Gasteiger partial charge < -0.3 is 15.8 Å². The maximum absolute atomic E-state index is 11.1. The summed E-state index contributed by atoms with van der Waals surface area (Å²) < 4.78 is 5.98. The van der Waals surface area contributed by atoms with Gasteiger partial charge >= 0.3 is 0 Å².